The molecule has 1 aliphatic carbocycles. The molecule has 6 heteroatoms. The van der Waals surface area contributed by atoms with E-state index in [2.05, 4.69) is 10.3 Å². The number of thioether (sulfide) groups is 1. The highest BCUT2D eigenvalue weighted by molar-refractivity contribution is 7.99. The topological polar surface area (TPSA) is 24.9 Å². The fourth-order valence-corrected chi connectivity index (χ4v) is 3.65. The predicted octanol–water partition coefficient (Wildman–Crippen LogP) is 3.82. The van der Waals surface area contributed by atoms with Crippen molar-refractivity contribution in [3.63, 3.8) is 0 Å². The maximum atomic E-state index is 13.3. The van der Waals surface area contributed by atoms with Crippen molar-refractivity contribution < 1.29 is 13.2 Å². The second kappa shape index (κ2) is 7.49. The number of hydrogen-bond acceptors (Lipinski definition) is 3. The van der Waals surface area contributed by atoms with Crippen LogP contribution in [0, 0.1) is 0 Å². The molecule has 0 aromatic carbocycles. The molecule has 1 N–H and O–H groups in total. The van der Waals surface area contributed by atoms with Gasteiger partial charge in [0.2, 0.25) is 0 Å². The molecule has 21 heavy (non-hydrogen) atoms. The van der Waals surface area contributed by atoms with Crippen LogP contribution < -0.4 is 5.32 Å². The number of halogens is 3. The zero-order chi connectivity index (χ0) is 15.3. The Morgan fingerprint density at radius 2 is 2.05 bits per heavy atom. The number of rotatable bonds is 5. The summed E-state index contributed by atoms with van der Waals surface area (Å²) in [5.74, 6) is 0. The van der Waals surface area contributed by atoms with Gasteiger partial charge >= 0.3 is 6.18 Å². The molecule has 0 amide bonds. The van der Waals surface area contributed by atoms with Crippen LogP contribution in [-0.2, 0) is 6.42 Å². The molecule has 0 spiro atoms. The highest BCUT2D eigenvalue weighted by Gasteiger charge is 2.41. The van der Waals surface area contributed by atoms with Gasteiger partial charge in [0.05, 0.1) is 0 Å². The Bertz CT molecular complexity index is 425. The fourth-order valence-electron chi connectivity index (χ4n) is 2.82. The first-order valence-electron chi connectivity index (χ1n) is 7.23. The third kappa shape index (κ3) is 5.18. The van der Waals surface area contributed by atoms with E-state index in [0.29, 0.717) is 10.8 Å². The largest absolute Gasteiger partial charge is 0.404 e. The molecule has 0 unspecified atom stereocenters. The Kier molecular flexibility index (Phi) is 5.93. The molecule has 1 aliphatic rings. The summed E-state index contributed by atoms with van der Waals surface area (Å²) in [6.07, 6.45) is 4.61. The standard InChI is InChI=1S/C15H21F3N2S/c1-21-13-4-2-3-12(10-13)20-14(15(16,17)18)9-11-5-7-19-8-6-11/h5-8,12-14,20H,2-4,9-10H2,1H3/t12-,13+,14-/m0/s1. The van der Waals surface area contributed by atoms with Crippen molar-refractivity contribution in [2.75, 3.05) is 6.26 Å². The van der Waals surface area contributed by atoms with Gasteiger partial charge in [0.1, 0.15) is 6.04 Å². The molecule has 1 aromatic heterocycles. The average Bonchev–Trinajstić information content (AvgIpc) is 2.47. The van der Waals surface area contributed by atoms with Crippen LogP contribution in [0.25, 0.3) is 0 Å². The van der Waals surface area contributed by atoms with Crippen molar-refractivity contribution >= 4 is 11.8 Å². The highest BCUT2D eigenvalue weighted by atomic mass is 32.2. The highest BCUT2D eigenvalue weighted by Crippen LogP contribution is 2.30. The van der Waals surface area contributed by atoms with Gasteiger partial charge in [0.25, 0.3) is 0 Å². The maximum absolute atomic E-state index is 13.3. The van der Waals surface area contributed by atoms with E-state index in [9.17, 15) is 13.2 Å². The Morgan fingerprint density at radius 3 is 2.67 bits per heavy atom. The van der Waals surface area contributed by atoms with E-state index in [1.54, 1.807) is 23.9 Å². The summed E-state index contributed by atoms with van der Waals surface area (Å²) >= 11 is 1.76. The minimum absolute atomic E-state index is 0.0353. The minimum atomic E-state index is -4.23. The number of nitrogens with zero attached hydrogens (tertiary/aromatic N) is 1. The van der Waals surface area contributed by atoms with E-state index in [0.717, 1.165) is 25.7 Å². The second-order valence-corrected chi connectivity index (χ2v) is 6.68. The van der Waals surface area contributed by atoms with Crippen LogP contribution in [0.5, 0.6) is 0 Å². The molecule has 1 heterocycles. The smallest absolute Gasteiger partial charge is 0.303 e. The van der Waals surface area contributed by atoms with Gasteiger partial charge in [-0.2, -0.15) is 24.9 Å². The first-order chi connectivity index (χ1) is 9.99. The predicted molar refractivity (Wildman–Crippen MR) is 80.5 cm³/mol. The molecular weight excluding hydrogens is 297 g/mol. The third-order valence-electron chi connectivity index (χ3n) is 3.98. The van der Waals surface area contributed by atoms with Crippen molar-refractivity contribution in [3.05, 3.63) is 30.1 Å². The Balaban J connectivity index is 2.00. The first-order valence-corrected chi connectivity index (χ1v) is 8.52. The number of alkyl halides is 3. The van der Waals surface area contributed by atoms with Gasteiger partial charge in [-0.05, 0) is 49.6 Å². The lowest BCUT2D eigenvalue weighted by molar-refractivity contribution is -0.157. The molecule has 2 nitrogen and oxygen atoms in total. The van der Waals surface area contributed by atoms with Crippen molar-refractivity contribution in [1.29, 1.82) is 0 Å². The van der Waals surface area contributed by atoms with Crippen LogP contribution in [-0.4, -0.2) is 34.7 Å². The van der Waals surface area contributed by atoms with E-state index >= 15 is 0 Å². The van der Waals surface area contributed by atoms with Crippen LogP contribution in [0.2, 0.25) is 0 Å². The van der Waals surface area contributed by atoms with Gasteiger partial charge in [0, 0.05) is 23.7 Å². The van der Waals surface area contributed by atoms with E-state index < -0.39 is 12.2 Å². The molecule has 1 aromatic rings. The summed E-state index contributed by atoms with van der Waals surface area (Å²) in [6, 6.07) is 1.77. The molecule has 0 aliphatic heterocycles. The summed E-state index contributed by atoms with van der Waals surface area (Å²) in [7, 11) is 0. The van der Waals surface area contributed by atoms with Gasteiger partial charge < -0.3 is 5.32 Å². The number of nitrogens with one attached hydrogen (secondary N) is 1. The summed E-state index contributed by atoms with van der Waals surface area (Å²) < 4.78 is 39.8. The molecule has 0 radical (unpaired) electrons. The lowest BCUT2D eigenvalue weighted by atomic mass is 9.93. The summed E-state index contributed by atoms with van der Waals surface area (Å²) in [5.41, 5.74) is 0.664. The Labute approximate surface area is 127 Å². The molecule has 2 rings (SSSR count). The van der Waals surface area contributed by atoms with Crippen molar-refractivity contribution in [1.82, 2.24) is 10.3 Å². The quantitative estimate of drug-likeness (QED) is 0.893. The van der Waals surface area contributed by atoms with E-state index in [1.807, 2.05) is 6.26 Å². The maximum Gasteiger partial charge on any atom is 0.404 e. The fraction of sp³-hybridized carbons (Fsp3) is 0.667. The van der Waals surface area contributed by atoms with Crippen molar-refractivity contribution in [2.24, 2.45) is 0 Å². The summed E-state index contributed by atoms with van der Waals surface area (Å²) in [4.78, 5) is 3.85. The lowest BCUT2D eigenvalue weighted by Gasteiger charge is -2.33. The van der Waals surface area contributed by atoms with Crippen LogP contribution in [0.15, 0.2) is 24.5 Å². The van der Waals surface area contributed by atoms with Gasteiger partial charge in [-0.1, -0.05) is 6.42 Å². The molecule has 3 atom stereocenters. The molecule has 1 saturated carbocycles. The Hall–Kier alpha value is -0.750. The number of aromatic nitrogens is 1. The number of pyridine rings is 1. The van der Waals surface area contributed by atoms with Crippen molar-refractivity contribution in [2.45, 2.75) is 55.6 Å². The first kappa shape index (κ1) is 16.6. The van der Waals surface area contributed by atoms with Crippen LogP contribution in [0.4, 0.5) is 13.2 Å². The molecular formula is C15H21F3N2S. The Morgan fingerprint density at radius 1 is 1.33 bits per heavy atom. The van der Waals surface area contributed by atoms with Crippen molar-refractivity contribution in [3.8, 4) is 0 Å². The van der Waals surface area contributed by atoms with Crippen LogP contribution in [0.1, 0.15) is 31.2 Å². The molecule has 0 bridgehead atoms. The zero-order valence-corrected chi connectivity index (χ0v) is 12.9. The monoisotopic (exact) mass is 318 g/mol. The minimum Gasteiger partial charge on any atom is -0.303 e. The van der Waals surface area contributed by atoms with E-state index in [-0.39, 0.29) is 12.5 Å². The lowest BCUT2D eigenvalue weighted by Crippen LogP contribution is -2.50. The normalized spacial score (nSPS) is 24.8. The van der Waals surface area contributed by atoms with Crippen LogP contribution >= 0.6 is 11.8 Å². The second-order valence-electron chi connectivity index (χ2n) is 5.54. The average molecular weight is 318 g/mol. The van der Waals surface area contributed by atoms with Gasteiger partial charge in [-0.15, -0.1) is 0 Å². The van der Waals surface area contributed by atoms with E-state index in [1.165, 1.54) is 12.4 Å². The molecule has 0 saturated heterocycles. The zero-order valence-electron chi connectivity index (χ0n) is 12.1. The summed E-state index contributed by atoms with van der Waals surface area (Å²) in [5, 5.41) is 3.33. The van der Waals surface area contributed by atoms with Gasteiger partial charge in [0.15, 0.2) is 0 Å². The number of hydrogen-bond donors (Lipinski definition) is 1. The summed E-state index contributed by atoms with van der Waals surface area (Å²) in [6.45, 7) is 0. The van der Waals surface area contributed by atoms with Crippen LogP contribution in [0.3, 0.4) is 0 Å². The third-order valence-corrected chi connectivity index (χ3v) is 5.08. The van der Waals surface area contributed by atoms with Gasteiger partial charge in [-0.3, -0.25) is 4.98 Å². The SMILES string of the molecule is CS[C@@H]1CCC[C@H](N[C@@H](Cc2ccncc2)C(F)(F)F)C1. The molecule has 1 fully saturated rings. The van der Waals surface area contributed by atoms with E-state index in [4.69, 9.17) is 0 Å². The van der Waals surface area contributed by atoms with Gasteiger partial charge in [-0.25, -0.2) is 0 Å². The molecule has 118 valence electrons.